The fraction of sp³-hybridized carbons (Fsp3) is 0.500. The standard InChI is InChI=1S/C24H36N4O5/c1-8-19(25-9-2)27-20(29)18(16-32-15-17-13-11-10-12-14-17)26-21(30)24(6,7)28-22(31)33-23(3,4)5/h8-14,18H,15-16H2,1-7H3,(H,26,30)(H,27,29)(H,28,31)/b19-8+,25-9-. The maximum absolute atomic E-state index is 12.9. The third-order valence-corrected chi connectivity index (χ3v) is 4.19. The first-order chi connectivity index (χ1) is 15.4. The second-order valence-electron chi connectivity index (χ2n) is 8.83. The summed E-state index contributed by atoms with van der Waals surface area (Å²) in [6.45, 7) is 11.9. The number of nitrogens with one attached hydrogen (secondary N) is 3. The summed E-state index contributed by atoms with van der Waals surface area (Å²) in [7, 11) is 0. The fourth-order valence-electron chi connectivity index (χ4n) is 2.54. The van der Waals surface area contributed by atoms with Gasteiger partial charge in [0.1, 0.15) is 23.0 Å². The Hall–Kier alpha value is -3.20. The lowest BCUT2D eigenvalue weighted by Crippen LogP contribution is -2.60. The van der Waals surface area contributed by atoms with Crippen molar-refractivity contribution in [2.24, 2.45) is 4.99 Å². The normalized spacial score (nSPS) is 13.4. The van der Waals surface area contributed by atoms with E-state index in [1.165, 1.54) is 13.8 Å². The molecule has 0 fully saturated rings. The van der Waals surface area contributed by atoms with Crippen LogP contribution in [0.15, 0.2) is 47.2 Å². The van der Waals surface area contributed by atoms with Crippen LogP contribution in [0.5, 0.6) is 0 Å². The molecule has 0 aliphatic heterocycles. The summed E-state index contributed by atoms with van der Waals surface area (Å²) in [5.41, 5.74) is -1.13. The van der Waals surface area contributed by atoms with E-state index in [4.69, 9.17) is 9.47 Å². The van der Waals surface area contributed by atoms with Gasteiger partial charge in [0.2, 0.25) is 5.91 Å². The minimum atomic E-state index is -1.34. The van der Waals surface area contributed by atoms with Crippen LogP contribution in [0, 0.1) is 0 Å². The van der Waals surface area contributed by atoms with Crippen LogP contribution in [0.3, 0.4) is 0 Å². The molecule has 0 aliphatic carbocycles. The van der Waals surface area contributed by atoms with Gasteiger partial charge < -0.3 is 25.4 Å². The van der Waals surface area contributed by atoms with Crippen LogP contribution in [-0.2, 0) is 25.7 Å². The number of carbonyl (C=O) groups excluding carboxylic acids is 3. The van der Waals surface area contributed by atoms with Gasteiger partial charge in [-0.1, -0.05) is 30.3 Å². The molecule has 0 bridgehead atoms. The Morgan fingerprint density at radius 2 is 1.70 bits per heavy atom. The molecule has 3 N–H and O–H groups in total. The Bertz CT molecular complexity index is 857. The molecule has 0 heterocycles. The second kappa shape index (κ2) is 12.7. The lowest BCUT2D eigenvalue weighted by molar-refractivity contribution is -0.133. The van der Waals surface area contributed by atoms with E-state index < -0.39 is 35.1 Å². The molecule has 9 nitrogen and oxygen atoms in total. The van der Waals surface area contributed by atoms with Gasteiger partial charge in [0.15, 0.2) is 0 Å². The molecule has 0 saturated heterocycles. The molecule has 1 rings (SSSR count). The van der Waals surface area contributed by atoms with Gasteiger partial charge in [-0.25, -0.2) is 9.79 Å². The molecule has 0 aliphatic rings. The van der Waals surface area contributed by atoms with Gasteiger partial charge in [-0.05, 0) is 60.1 Å². The number of amides is 3. The molecule has 1 aromatic rings. The zero-order valence-corrected chi connectivity index (χ0v) is 20.5. The SMILES string of the molecule is C/C=N\C(=C/C)NC(=O)C(COCc1ccccc1)NC(=O)C(C)(C)NC(=O)OC(C)(C)C. The van der Waals surface area contributed by atoms with Crippen molar-refractivity contribution in [2.45, 2.75) is 72.3 Å². The number of hydrogen-bond acceptors (Lipinski definition) is 6. The first-order valence-electron chi connectivity index (χ1n) is 10.8. The summed E-state index contributed by atoms with van der Waals surface area (Å²) in [6, 6.07) is 8.44. The van der Waals surface area contributed by atoms with Gasteiger partial charge in [-0.15, -0.1) is 0 Å². The highest BCUT2D eigenvalue weighted by Gasteiger charge is 2.34. The van der Waals surface area contributed by atoms with Crippen molar-refractivity contribution in [2.75, 3.05) is 6.61 Å². The molecule has 1 atom stereocenters. The number of allylic oxidation sites excluding steroid dienone is 1. The lowest BCUT2D eigenvalue weighted by atomic mass is 10.0. The Balaban J connectivity index is 2.90. The average Bonchev–Trinajstić information content (AvgIpc) is 2.71. The van der Waals surface area contributed by atoms with Crippen LogP contribution in [0.2, 0.25) is 0 Å². The molecule has 0 saturated carbocycles. The van der Waals surface area contributed by atoms with E-state index in [0.29, 0.717) is 5.82 Å². The predicted molar refractivity (Wildman–Crippen MR) is 128 cm³/mol. The summed E-state index contributed by atoms with van der Waals surface area (Å²) in [5.74, 6) is -0.725. The van der Waals surface area contributed by atoms with Crippen molar-refractivity contribution < 1.29 is 23.9 Å². The minimum Gasteiger partial charge on any atom is -0.444 e. The number of nitrogens with zero attached hydrogens (tertiary/aromatic N) is 1. The molecule has 0 spiro atoms. The molecular formula is C24H36N4O5. The van der Waals surface area contributed by atoms with E-state index in [0.717, 1.165) is 5.56 Å². The summed E-state index contributed by atoms with van der Waals surface area (Å²) in [5, 5.41) is 7.85. The number of alkyl carbamates (subject to hydrolysis) is 1. The van der Waals surface area contributed by atoms with Crippen LogP contribution >= 0.6 is 0 Å². The maximum Gasteiger partial charge on any atom is 0.408 e. The first kappa shape index (κ1) is 27.8. The van der Waals surface area contributed by atoms with Crippen molar-refractivity contribution >= 4 is 24.1 Å². The third kappa shape index (κ3) is 10.8. The highest BCUT2D eigenvalue weighted by Crippen LogP contribution is 2.10. The fourth-order valence-corrected chi connectivity index (χ4v) is 2.54. The monoisotopic (exact) mass is 460 g/mol. The quantitative estimate of drug-likeness (QED) is 0.464. The number of benzene rings is 1. The van der Waals surface area contributed by atoms with Crippen molar-refractivity contribution in [1.82, 2.24) is 16.0 Å². The Morgan fingerprint density at radius 3 is 2.24 bits per heavy atom. The highest BCUT2D eigenvalue weighted by atomic mass is 16.6. The molecule has 0 aromatic heterocycles. The van der Waals surface area contributed by atoms with Gasteiger partial charge in [0.05, 0.1) is 13.2 Å². The second-order valence-corrected chi connectivity index (χ2v) is 8.83. The van der Waals surface area contributed by atoms with Gasteiger partial charge >= 0.3 is 6.09 Å². The Kier molecular flexibility index (Phi) is 10.7. The van der Waals surface area contributed by atoms with Gasteiger partial charge in [-0.3, -0.25) is 9.59 Å². The number of ether oxygens (including phenoxy) is 2. The summed E-state index contributed by atoms with van der Waals surface area (Å²) in [4.78, 5) is 42.0. The van der Waals surface area contributed by atoms with E-state index in [1.807, 2.05) is 30.3 Å². The molecule has 1 unspecified atom stereocenters. The lowest BCUT2D eigenvalue weighted by Gasteiger charge is -2.29. The third-order valence-electron chi connectivity index (χ3n) is 4.19. The van der Waals surface area contributed by atoms with Crippen LogP contribution in [0.4, 0.5) is 4.79 Å². The van der Waals surface area contributed by atoms with E-state index in [9.17, 15) is 14.4 Å². The molecule has 0 radical (unpaired) electrons. The van der Waals surface area contributed by atoms with Crippen LogP contribution in [-0.4, -0.2) is 47.9 Å². The van der Waals surface area contributed by atoms with Gasteiger partial charge in [0.25, 0.3) is 5.91 Å². The van der Waals surface area contributed by atoms with Gasteiger partial charge in [0, 0.05) is 6.21 Å². The van der Waals surface area contributed by atoms with Crippen LogP contribution in [0.25, 0.3) is 0 Å². The first-order valence-corrected chi connectivity index (χ1v) is 10.8. The zero-order valence-electron chi connectivity index (χ0n) is 20.5. The molecule has 33 heavy (non-hydrogen) atoms. The number of aliphatic imine (C=N–C) groups is 1. The van der Waals surface area contributed by atoms with Crippen LogP contribution < -0.4 is 16.0 Å². The van der Waals surface area contributed by atoms with Crippen molar-refractivity contribution in [1.29, 1.82) is 0 Å². The molecule has 182 valence electrons. The summed E-state index contributed by atoms with van der Waals surface area (Å²) in [6.07, 6.45) is 2.44. The Labute approximate surface area is 196 Å². The van der Waals surface area contributed by atoms with E-state index in [-0.39, 0.29) is 13.2 Å². The van der Waals surface area contributed by atoms with E-state index in [1.54, 1.807) is 46.9 Å². The Morgan fingerprint density at radius 1 is 1.06 bits per heavy atom. The average molecular weight is 461 g/mol. The van der Waals surface area contributed by atoms with Crippen molar-refractivity contribution in [3.05, 3.63) is 47.8 Å². The van der Waals surface area contributed by atoms with Crippen LogP contribution in [0.1, 0.15) is 54.0 Å². The molecule has 9 heteroatoms. The highest BCUT2D eigenvalue weighted by molar-refractivity contribution is 5.94. The van der Waals surface area contributed by atoms with Crippen molar-refractivity contribution in [3.63, 3.8) is 0 Å². The minimum absolute atomic E-state index is 0.0815. The number of carbonyl (C=O) groups is 3. The largest absolute Gasteiger partial charge is 0.444 e. The van der Waals surface area contributed by atoms with E-state index in [2.05, 4.69) is 20.9 Å². The topological polar surface area (TPSA) is 118 Å². The molecular weight excluding hydrogens is 424 g/mol. The molecule has 1 aromatic carbocycles. The number of hydrogen-bond donors (Lipinski definition) is 3. The maximum atomic E-state index is 12.9. The van der Waals surface area contributed by atoms with E-state index >= 15 is 0 Å². The predicted octanol–water partition coefficient (Wildman–Crippen LogP) is 3.06. The number of rotatable bonds is 10. The smallest absolute Gasteiger partial charge is 0.408 e. The summed E-state index contributed by atoms with van der Waals surface area (Å²) < 4.78 is 10.9. The zero-order chi connectivity index (χ0) is 25.1. The van der Waals surface area contributed by atoms with Gasteiger partial charge in [-0.2, -0.15) is 0 Å². The van der Waals surface area contributed by atoms with Crippen molar-refractivity contribution in [3.8, 4) is 0 Å². The molecule has 3 amide bonds. The summed E-state index contributed by atoms with van der Waals surface area (Å²) >= 11 is 0.